The Morgan fingerprint density at radius 1 is 1.09 bits per heavy atom. The second kappa shape index (κ2) is 9.40. The van der Waals surface area contributed by atoms with Crippen molar-refractivity contribution >= 4 is 51.7 Å². The van der Waals surface area contributed by atoms with Gasteiger partial charge in [0, 0.05) is 13.1 Å². The molecular formula is C21H18Cl2F2N4O3. The van der Waals surface area contributed by atoms with Gasteiger partial charge in [-0.3, -0.25) is 9.59 Å². The number of para-hydroxylation sites is 1. The first-order chi connectivity index (χ1) is 15.4. The molecule has 11 heteroatoms. The molecular weight excluding hydrogens is 465 g/mol. The Labute approximate surface area is 191 Å². The van der Waals surface area contributed by atoms with Crippen molar-refractivity contribution in [3.63, 3.8) is 0 Å². The minimum atomic E-state index is -2.92. The fourth-order valence-corrected chi connectivity index (χ4v) is 4.12. The predicted molar refractivity (Wildman–Crippen MR) is 117 cm³/mol. The molecule has 0 saturated carbocycles. The lowest BCUT2D eigenvalue weighted by Gasteiger charge is -2.27. The van der Waals surface area contributed by atoms with Gasteiger partial charge in [-0.05, 0) is 24.3 Å². The molecule has 0 atom stereocenters. The van der Waals surface area contributed by atoms with Gasteiger partial charge in [-0.1, -0.05) is 35.3 Å². The highest BCUT2D eigenvalue weighted by Crippen LogP contribution is 2.31. The minimum Gasteiger partial charge on any atom is -0.378 e. The number of fused-ring (bicyclic) bond motifs is 1. The molecule has 1 N–H and O–H groups in total. The van der Waals surface area contributed by atoms with Crippen molar-refractivity contribution in [1.29, 1.82) is 0 Å². The van der Waals surface area contributed by atoms with E-state index in [1.165, 1.54) is 22.8 Å². The standard InChI is InChI=1S/C21H18Cl2F2N4O3/c22-12-3-1-4-13(23)17(12)21(31)26-14-5-2-6-15-18(14)27-20(19(24)25)29(15)11-16(30)28-7-9-32-10-8-28/h1-6,19H,7-11H2,(H,26,31). The highest BCUT2D eigenvalue weighted by atomic mass is 35.5. The summed E-state index contributed by atoms with van der Waals surface area (Å²) in [4.78, 5) is 31.1. The van der Waals surface area contributed by atoms with Crippen molar-refractivity contribution in [2.45, 2.75) is 13.0 Å². The summed E-state index contributed by atoms with van der Waals surface area (Å²) in [5.41, 5.74) is 0.686. The van der Waals surface area contributed by atoms with Gasteiger partial charge in [-0.25, -0.2) is 13.8 Å². The number of aromatic nitrogens is 2. The zero-order valence-electron chi connectivity index (χ0n) is 16.7. The van der Waals surface area contributed by atoms with Crippen LogP contribution in [0.25, 0.3) is 11.0 Å². The molecule has 0 spiro atoms. The summed E-state index contributed by atoms with van der Waals surface area (Å²) in [7, 11) is 0. The van der Waals surface area contributed by atoms with Gasteiger partial charge in [0.2, 0.25) is 5.91 Å². The molecule has 1 saturated heterocycles. The Morgan fingerprint density at radius 3 is 2.41 bits per heavy atom. The first-order valence-electron chi connectivity index (χ1n) is 9.75. The molecule has 1 aliphatic heterocycles. The summed E-state index contributed by atoms with van der Waals surface area (Å²) in [5.74, 6) is -1.48. The van der Waals surface area contributed by atoms with Crippen molar-refractivity contribution in [2.75, 3.05) is 31.6 Å². The van der Waals surface area contributed by atoms with Crippen LogP contribution < -0.4 is 5.32 Å². The molecule has 0 unspecified atom stereocenters. The van der Waals surface area contributed by atoms with Gasteiger partial charge in [-0.15, -0.1) is 0 Å². The predicted octanol–water partition coefficient (Wildman–Crippen LogP) is 4.39. The molecule has 3 aromatic rings. The van der Waals surface area contributed by atoms with E-state index in [0.29, 0.717) is 31.8 Å². The van der Waals surface area contributed by atoms with Crippen molar-refractivity contribution < 1.29 is 23.1 Å². The van der Waals surface area contributed by atoms with Crippen LogP contribution in [-0.4, -0.2) is 52.6 Å². The Balaban J connectivity index is 1.69. The van der Waals surface area contributed by atoms with Crippen LogP contribution in [0.1, 0.15) is 22.6 Å². The highest BCUT2D eigenvalue weighted by Gasteiger charge is 2.25. The number of nitrogens with zero attached hydrogens (tertiary/aromatic N) is 3. The Hall–Kier alpha value is -2.75. The topological polar surface area (TPSA) is 76.5 Å². The highest BCUT2D eigenvalue weighted by molar-refractivity contribution is 6.40. The number of carbonyl (C=O) groups excluding carboxylic acids is 2. The average molecular weight is 483 g/mol. The number of nitrogens with one attached hydrogen (secondary N) is 1. The van der Waals surface area contributed by atoms with Crippen LogP contribution in [0.15, 0.2) is 36.4 Å². The van der Waals surface area contributed by atoms with E-state index in [0.717, 1.165) is 0 Å². The van der Waals surface area contributed by atoms with Gasteiger partial charge in [0.05, 0.1) is 40.0 Å². The molecule has 1 fully saturated rings. The van der Waals surface area contributed by atoms with Gasteiger partial charge in [0.15, 0.2) is 5.82 Å². The number of hydrogen-bond donors (Lipinski definition) is 1. The molecule has 7 nitrogen and oxygen atoms in total. The number of alkyl halides is 2. The molecule has 2 aromatic carbocycles. The lowest BCUT2D eigenvalue weighted by molar-refractivity contribution is -0.135. The fourth-order valence-electron chi connectivity index (χ4n) is 3.55. The number of morpholine rings is 1. The van der Waals surface area contributed by atoms with Crippen LogP contribution in [0.3, 0.4) is 0 Å². The van der Waals surface area contributed by atoms with E-state index >= 15 is 0 Å². The Bertz CT molecular complexity index is 1160. The maximum Gasteiger partial charge on any atom is 0.295 e. The van der Waals surface area contributed by atoms with E-state index < -0.39 is 18.2 Å². The minimum absolute atomic E-state index is 0.0591. The molecule has 0 aliphatic carbocycles. The number of rotatable bonds is 5. The quantitative estimate of drug-likeness (QED) is 0.584. The van der Waals surface area contributed by atoms with E-state index in [1.807, 2.05) is 0 Å². The summed E-state index contributed by atoms with van der Waals surface area (Å²) in [5, 5.41) is 2.94. The SMILES string of the molecule is O=C(Nc1cccc2c1nc(C(F)F)n2CC(=O)N1CCOCC1)c1c(Cl)cccc1Cl. The largest absolute Gasteiger partial charge is 0.378 e. The number of ether oxygens (including phenoxy) is 1. The van der Waals surface area contributed by atoms with Crippen molar-refractivity contribution in [1.82, 2.24) is 14.5 Å². The van der Waals surface area contributed by atoms with Crippen LogP contribution in [0, 0.1) is 0 Å². The zero-order chi connectivity index (χ0) is 22.8. The van der Waals surface area contributed by atoms with E-state index in [1.54, 1.807) is 23.1 Å². The van der Waals surface area contributed by atoms with Gasteiger partial charge >= 0.3 is 0 Å². The first kappa shape index (κ1) is 22.4. The third kappa shape index (κ3) is 4.41. The van der Waals surface area contributed by atoms with E-state index in [-0.39, 0.29) is 39.3 Å². The van der Waals surface area contributed by atoms with Crippen LogP contribution in [-0.2, 0) is 16.1 Å². The smallest absolute Gasteiger partial charge is 0.295 e. The number of carbonyl (C=O) groups is 2. The summed E-state index contributed by atoms with van der Waals surface area (Å²) in [6.07, 6.45) is -2.92. The van der Waals surface area contributed by atoms with Crippen molar-refractivity contribution in [3.05, 3.63) is 57.8 Å². The Morgan fingerprint density at radius 2 is 1.75 bits per heavy atom. The van der Waals surface area contributed by atoms with Crippen molar-refractivity contribution in [3.8, 4) is 0 Å². The number of benzene rings is 2. The van der Waals surface area contributed by atoms with Gasteiger partial charge in [0.25, 0.3) is 12.3 Å². The van der Waals surface area contributed by atoms with E-state index in [4.69, 9.17) is 27.9 Å². The maximum absolute atomic E-state index is 13.8. The van der Waals surface area contributed by atoms with E-state index in [2.05, 4.69) is 10.3 Å². The molecule has 2 amide bonds. The third-order valence-electron chi connectivity index (χ3n) is 5.10. The maximum atomic E-state index is 13.8. The number of imidazole rings is 1. The second-order valence-electron chi connectivity index (χ2n) is 7.07. The summed E-state index contributed by atoms with van der Waals surface area (Å²) >= 11 is 12.2. The number of anilines is 1. The molecule has 4 rings (SSSR count). The van der Waals surface area contributed by atoms with Gasteiger partial charge in [0.1, 0.15) is 12.1 Å². The lowest BCUT2D eigenvalue weighted by Crippen LogP contribution is -2.42. The van der Waals surface area contributed by atoms with Crippen LogP contribution in [0.5, 0.6) is 0 Å². The molecule has 1 aliphatic rings. The Kier molecular flexibility index (Phi) is 6.59. The monoisotopic (exact) mass is 482 g/mol. The van der Waals surface area contributed by atoms with Crippen LogP contribution in [0.2, 0.25) is 10.0 Å². The van der Waals surface area contributed by atoms with E-state index in [9.17, 15) is 18.4 Å². The second-order valence-corrected chi connectivity index (χ2v) is 7.89. The summed E-state index contributed by atoms with van der Waals surface area (Å²) in [6.45, 7) is 1.30. The van der Waals surface area contributed by atoms with Crippen LogP contribution >= 0.6 is 23.2 Å². The summed E-state index contributed by atoms with van der Waals surface area (Å²) in [6, 6.07) is 9.32. The molecule has 0 radical (unpaired) electrons. The lowest BCUT2D eigenvalue weighted by atomic mass is 10.2. The third-order valence-corrected chi connectivity index (χ3v) is 5.73. The molecule has 168 valence electrons. The average Bonchev–Trinajstić information content (AvgIpc) is 3.14. The molecule has 0 bridgehead atoms. The number of halogens is 4. The number of amides is 2. The van der Waals surface area contributed by atoms with Gasteiger partial charge < -0.3 is 19.5 Å². The van der Waals surface area contributed by atoms with Crippen LogP contribution in [0.4, 0.5) is 14.5 Å². The molecule has 2 heterocycles. The van der Waals surface area contributed by atoms with Crippen molar-refractivity contribution in [2.24, 2.45) is 0 Å². The fraction of sp³-hybridized carbons (Fsp3) is 0.286. The zero-order valence-corrected chi connectivity index (χ0v) is 18.2. The summed E-state index contributed by atoms with van der Waals surface area (Å²) < 4.78 is 34.0. The first-order valence-corrected chi connectivity index (χ1v) is 10.5. The molecule has 32 heavy (non-hydrogen) atoms. The molecule has 1 aromatic heterocycles. The normalized spacial score (nSPS) is 14.2. The number of hydrogen-bond acceptors (Lipinski definition) is 4. The van der Waals surface area contributed by atoms with Gasteiger partial charge in [-0.2, -0.15) is 0 Å².